The molecule has 0 bridgehead atoms. The van der Waals surface area contributed by atoms with E-state index >= 15 is 0 Å². The first-order valence-electron chi connectivity index (χ1n) is 12.0. The van der Waals surface area contributed by atoms with Crippen molar-refractivity contribution in [3.8, 4) is 17.2 Å². The van der Waals surface area contributed by atoms with Crippen molar-refractivity contribution in [2.45, 2.75) is 26.1 Å². The van der Waals surface area contributed by atoms with Crippen LogP contribution in [0, 0.1) is 11.7 Å². The number of rotatable bonds is 6. The maximum atomic E-state index is 6.23. The van der Waals surface area contributed by atoms with Crippen molar-refractivity contribution >= 4 is 12.2 Å². The van der Waals surface area contributed by atoms with Gasteiger partial charge in [-0.15, -0.1) is 0 Å². The van der Waals surface area contributed by atoms with Gasteiger partial charge in [-0.25, -0.2) is 4.68 Å². The monoisotopic (exact) mass is 491 g/mol. The Kier molecular flexibility index (Phi) is 5.87. The second kappa shape index (κ2) is 9.47. The lowest BCUT2D eigenvalue weighted by atomic mass is 9.95. The molecule has 0 aliphatic carbocycles. The Bertz CT molecular complexity index is 1540. The highest BCUT2D eigenvalue weighted by Gasteiger charge is 2.31. The maximum absolute atomic E-state index is 6.23. The number of para-hydroxylation sites is 3. The highest BCUT2D eigenvalue weighted by atomic mass is 32.1. The minimum absolute atomic E-state index is 0.201. The van der Waals surface area contributed by atoms with Crippen molar-refractivity contribution < 1.29 is 9.47 Å². The van der Waals surface area contributed by atoms with Crippen LogP contribution in [0.4, 0.5) is 0 Å². The lowest BCUT2D eigenvalue weighted by molar-refractivity contribution is 0.286. The maximum Gasteiger partial charge on any atom is 0.199 e. The van der Waals surface area contributed by atoms with Gasteiger partial charge in [0.15, 0.2) is 10.6 Å². The first-order valence-corrected chi connectivity index (χ1v) is 12.4. The third-order valence-electron chi connectivity index (χ3n) is 6.49. The predicted octanol–water partition coefficient (Wildman–Crippen LogP) is 7.09. The smallest absolute Gasteiger partial charge is 0.199 e. The van der Waals surface area contributed by atoms with E-state index in [-0.39, 0.29) is 6.04 Å². The summed E-state index contributed by atoms with van der Waals surface area (Å²) in [5.41, 5.74) is 4.29. The molecule has 0 fully saturated rings. The molecule has 0 saturated carbocycles. The standard InChI is InChI=1S/C30H25N3O2S/c1-21-11-5-8-16-25(21)34-20-28-31-33(30(36)32(28)19-22-12-3-2-4-13-22)29-23-14-6-9-17-26(23)35-27-18-10-7-15-24(27)29/h2-18,29H,19-20H2,1H3. The first kappa shape index (κ1) is 22.3. The Labute approximate surface area is 215 Å². The molecule has 6 rings (SSSR count). The van der Waals surface area contributed by atoms with E-state index in [9.17, 15) is 0 Å². The summed E-state index contributed by atoms with van der Waals surface area (Å²) in [5, 5.41) is 5.07. The van der Waals surface area contributed by atoms with E-state index in [2.05, 4.69) is 28.8 Å². The van der Waals surface area contributed by atoms with Crippen molar-refractivity contribution in [3.05, 3.63) is 136 Å². The second-order valence-corrected chi connectivity index (χ2v) is 9.21. The van der Waals surface area contributed by atoms with Gasteiger partial charge in [-0.1, -0.05) is 84.9 Å². The first-order chi connectivity index (χ1) is 17.7. The summed E-state index contributed by atoms with van der Waals surface area (Å²) in [6.45, 7) is 2.96. The zero-order valence-corrected chi connectivity index (χ0v) is 20.7. The molecule has 0 radical (unpaired) electrons. The van der Waals surface area contributed by atoms with Gasteiger partial charge in [-0.2, -0.15) is 5.10 Å². The van der Waals surface area contributed by atoms with Crippen LogP contribution in [0.25, 0.3) is 0 Å². The molecule has 5 aromatic rings. The van der Waals surface area contributed by atoms with Gasteiger partial charge in [0.05, 0.1) is 6.54 Å². The van der Waals surface area contributed by atoms with E-state index in [4.69, 9.17) is 26.8 Å². The molecule has 0 atom stereocenters. The number of hydrogen-bond donors (Lipinski definition) is 0. The Balaban J connectivity index is 1.47. The van der Waals surface area contributed by atoms with Gasteiger partial charge < -0.3 is 9.47 Å². The molecule has 0 amide bonds. The summed E-state index contributed by atoms with van der Waals surface area (Å²) < 4.78 is 17.1. The van der Waals surface area contributed by atoms with Crippen molar-refractivity contribution in [3.63, 3.8) is 0 Å². The Morgan fingerprint density at radius 3 is 2.11 bits per heavy atom. The topological polar surface area (TPSA) is 41.2 Å². The SMILES string of the molecule is Cc1ccccc1OCc1nn(C2c3ccccc3Oc3ccccc32)c(=S)n1Cc1ccccc1. The molecule has 5 nitrogen and oxygen atoms in total. The highest BCUT2D eigenvalue weighted by Crippen LogP contribution is 2.44. The zero-order valence-electron chi connectivity index (χ0n) is 19.9. The van der Waals surface area contributed by atoms with E-state index in [1.807, 2.05) is 90.5 Å². The molecule has 0 spiro atoms. The van der Waals surface area contributed by atoms with Crippen LogP contribution in [0.3, 0.4) is 0 Å². The fourth-order valence-electron chi connectivity index (χ4n) is 4.66. The lowest BCUT2D eigenvalue weighted by Gasteiger charge is -2.28. The molecular weight excluding hydrogens is 466 g/mol. The number of nitrogens with zero attached hydrogens (tertiary/aromatic N) is 3. The van der Waals surface area contributed by atoms with Gasteiger partial charge in [0, 0.05) is 11.1 Å². The van der Waals surface area contributed by atoms with Gasteiger partial charge in [0.1, 0.15) is 29.9 Å². The van der Waals surface area contributed by atoms with Crippen molar-refractivity contribution in [2.75, 3.05) is 0 Å². The summed E-state index contributed by atoms with van der Waals surface area (Å²) in [7, 11) is 0. The molecule has 0 saturated heterocycles. The van der Waals surface area contributed by atoms with E-state index in [1.54, 1.807) is 0 Å². The number of aryl methyl sites for hydroxylation is 1. The quantitative estimate of drug-likeness (QED) is 0.233. The average Bonchev–Trinajstić information content (AvgIpc) is 3.21. The Morgan fingerprint density at radius 1 is 0.806 bits per heavy atom. The normalized spacial score (nSPS) is 12.5. The zero-order chi connectivity index (χ0) is 24.5. The molecule has 1 aliphatic heterocycles. The fraction of sp³-hybridized carbons (Fsp3) is 0.133. The molecule has 4 aromatic carbocycles. The third-order valence-corrected chi connectivity index (χ3v) is 6.89. The summed E-state index contributed by atoms with van der Waals surface area (Å²) in [4.78, 5) is 0. The van der Waals surface area contributed by atoms with Crippen LogP contribution in [-0.2, 0) is 13.2 Å². The summed E-state index contributed by atoms with van der Waals surface area (Å²) in [5.74, 6) is 3.25. The number of fused-ring (bicyclic) bond motifs is 2. The molecule has 1 aliphatic rings. The van der Waals surface area contributed by atoms with Crippen LogP contribution < -0.4 is 9.47 Å². The van der Waals surface area contributed by atoms with E-state index in [0.29, 0.717) is 17.9 Å². The van der Waals surface area contributed by atoms with Gasteiger partial charge in [-0.3, -0.25) is 4.57 Å². The fourth-order valence-corrected chi connectivity index (χ4v) is 4.98. The number of ether oxygens (including phenoxy) is 2. The minimum atomic E-state index is -0.201. The van der Waals surface area contributed by atoms with Crippen molar-refractivity contribution in [2.24, 2.45) is 0 Å². The second-order valence-electron chi connectivity index (χ2n) is 8.85. The van der Waals surface area contributed by atoms with E-state index < -0.39 is 0 Å². The summed E-state index contributed by atoms with van der Waals surface area (Å²) >= 11 is 6.07. The average molecular weight is 492 g/mol. The van der Waals surface area contributed by atoms with Crippen LogP contribution in [0.5, 0.6) is 17.2 Å². The molecule has 0 unspecified atom stereocenters. The van der Waals surface area contributed by atoms with Gasteiger partial charge in [-0.05, 0) is 48.5 Å². The molecule has 6 heteroatoms. The molecule has 178 valence electrons. The van der Waals surface area contributed by atoms with Gasteiger partial charge in [0.2, 0.25) is 0 Å². The largest absolute Gasteiger partial charge is 0.485 e. The highest BCUT2D eigenvalue weighted by molar-refractivity contribution is 7.71. The number of hydrogen-bond acceptors (Lipinski definition) is 4. The van der Waals surface area contributed by atoms with Crippen LogP contribution in [-0.4, -0.2) is 14.3 Å². The lowest BCUT2D eigenvalue weighted by Crippen LogP contribution is -2.19. The predicted molar refractivity (Wildman–Crippen MR) is 142 cm³/mol. The minimum Gasteiger partial charge on any atom is -0.485 e. The van der Waals surface area contributed by atoms with E-state index in [1.165, 1.54) is 0 Å². The van der Waals surface area contributed by atoms with Gasteiger partial charge >= 0.3 is 0 Å². The summed E-state index contributed by atoms with van der Waals surface area (Å²) in [6.07, 6.45) is 0. The van der Waals surface area contributed by atoms with Crippen LogP contribution in [0.15, 0.2) is 103 Å². The van der Waals surface area contributed by atoms with Gasteiger partial charge in [0.25, 0.3) is 0 Å². The Hall–Kier alpha value is -4.16. The molecular formula is C30H25N3O2S. The van der Waals surface area contributed by atoms with Crippen LogP contribution in [0.1, 0.15) is 34.1 Å². The molecule has 1 aromatic heterocycles. The number of benzene rings is 4. The molecule has 36 heavy (non-hydrogen) atoms. The van der Waals surface area contributed by atoms with Crippen molar-refractivity contribution in [1.29, 1.82) is 0 Å². The summed E-state index contributed by atoms with van der Waals surface area (Å²) in [6, 6.07) is 34.3. The van der Waals surface area contributed by atoms with Crippen molar-refractivity contribution in [1.82, 2.24) is 14.3 Å². The Morgan fingerprint density at radius 2 is 1.42 bits per heavy atom. The van der Waals surface area contributed by atoms with Crippen LogP contribution in [0.2, 0.25) is 0 Å². The third kappa shape index (κ3) is 4.10. The van der Waals surface area contributed by atoms with Crippen LogP contribution >= 0.6 is 12.2 Å². The molecule has 0 N–H and O–H groups in total. The molecule has 2 heterocycles. The number of aromatic nitrogens is 3. The van der Waals surface area contributed by atoms with E-state index in [0.717, 1.165) is 45.3 Å².